The van der Waals surface area contributed by atoms with Gasteiger partial charge in [-0.25, -0.2) is 4.79 Å². The zero-order valence-electron chi connectivity index (χ0n) is 11.9. The van der Waals surface area contributed by atoms with Crippen molar-refractivity contribution in [2.75, 3.05) is 5.32 Å². The summed E-state index contributed by atoms with van der Waals surface area (Å²) in [7, 11) is 2.74. The molecule has 0 saturated carbocycles. The fourth-order valence-corrected chi connectivity index (χ4v) is 1.90. The van der Waals surface area contributed by atoms with Crippen LogP contribution in [-0.2, 0) is 14.1 Å². The van der Waals surface area contributed by atoms with Gasteiger partial charge in [-0.1, -0.05) is 6.07 Å². The maximum Gasteiger partial charge on any atom is 0.330 e. The Morgan fingerprint density at radius 1 is 1.24 bits per heavy atom. The summed E-state index contributed by atoms with van der Waals surface area (Å²) in [4.78, 5) is 35.6. The van der Waals surface area contributed by atoms with E-state index in [1.165, 1.54) is 32.4 Å². The van der Waals surface area contributed by atoms with Crippen molar-refractivity contribution >= 4 is 11.6 Å². The topological polar surface area (TPSA) is 93.3 Å². The second-order valence-corrected chi connectivity index (χ2v) is 4.78. The van der Waals surface area contributed by atoms with E-state index in [0.29, 0.717) is 0 Å². The highest BCUT2D eigenvalue weighted by Gasteiger charge is 2.16. The third-order valence-corrected chi connectivity index (χ3v) is 3.09. The van der Waals surface area contributed by atoms with Crippen molar-refractivity contribution < 1.29 is 9.90 Å². The van der Waals surface area contributed by atoms with Gasteiger partial charge in [0.25, 0.3) is 11.5 Å². The molecule has 0 aliphatic rings. The largest absolute Gasteiger partial charge is 0.506 e. The van der Waals surface area contributed by atoms with E-state index in [0.717, 1.165) is 14.7 Å². The fourth-order valence-electron chi connectivity index (χ4n) is 1.90. The minimum Gasteiger partial charge on any atom is -0.506 e. The molecule has 1 aromatic carbocycles. The van der Waals surface area contributed by atoms with Gasteiger partial charge in [0.05, 0.1) is 5.69 Å². The number of benzene rings is 1. The quantitative estimate of drug-likeness (QED) is 0.780. The van der Waals surface area contributed by atoms with Gasteiger partial charge in [-0.05, 0) is 24.6 Å². The number of hydrogen-bond acceptors (Lipinski definition) is 4. The zero-order valence-corrected chi connectivity index (χ0v) is 11.9. The number of aryl methyl sites for hydroxylation is 2. The first kappa shape index (κ1) is 14.6. The number of hydrogen-bond donors (Lipinski definition) is 2. The van der Waals surface area contributed by atoms with Crippen molar-refractivity contribution in [3.8, 4) is 5.75 Å². The molecule has 110 valence electrons. The molecule has 0 aliphatic carbocycles. The number of rotatable bonds is 2. The molecule has 0 atom stereocenters. The van der Waals surface area contributed by atoms with Gasteiger partial charge in [0, 0.05) is 20.3 Å². The Hall–Kier alpha value is -2.83. The molecular formula is C14H15N3O4. The highest BCUT2D eigenvalue weighted by Crippen LogP contribution is 2.24. The van der Waals surface area contributed by atoms with Crippen molar-refractivity contribution in [2.45, 2.75) is 6.92 Å². The number of carbonyl (C=O) groups is 1. The number of anilines is 1. The lowest BCUT2D eigenvalue weighted by Gasteiger charge is -2.09. The highest BCUT2D eigenvalue weighted by atomic mass is 16.3. The monoisotopic (exact) mass is 289 g/mol. The third-order valence-electron chi connectivity index (χ3n) is 3.09. The average molecular weight is 289 g/mol. The van der Waals surface area contributed by atoms with Gasteiger partial charge in [0.2, 0.25) is 0 Å². The van der Waals surface area contributed by atoms with E-state index in [-0.39, 0.29) is 17.0 Å². The van der Waals surface area contributed by atoms with Crippen LogP contribution in [0, 0.1) is 6.92 Å². The predicted octanol–water partition coefficient (Wildman–Crippen LogP) is 0.350. The van der Waals surface area contributed by atoms with Crippen LogP contribution in [-0.4, -0.2) is 20.1 Å². The van der Waals surface area contributed by atoms with Crippen LogP contribution in [0.4, 0.5) is 5.69 Å². The molecule has 0 bridgehead atoms. The summed E-state index contributed by atoms with van der Waals surface area (Å²) in [6.07, 6.45) is 1.17. The number of amides is 1. The summed E-state index contributed by atoms with van der Waals surface area (Å²) in [6, 6.07) is 4.75. The second-order valence-electron chi connectivity index (χ2n) is 4.78. The van der Waals surface area contributed by atoms with Crippen LogP contribution >= 0.6 is 0 Å². The summed E-state index contributed by atoms with van der Waals surface area (Å²) in [5, 5.41) is 12.2. The van der Waals surface area contributed by atoms with Crippen LogP contribution in [0.3, 0.4) is 0 Å². The van der Waals surface area contributed by atoms with E-state index < -0.39 is 17.2 Å². The second kappa shape index (κ2) is 5.28. The molecule has 2 aromatic rings. The Morgan fingerprint density at radius 3 is 2.52 bits per heavy atom. The molecule has 0 spiro atoms. The minimum atomic E-state index is -0.692. The Bertz CT molecular complexity index is 833. The maximum atomic E-state index is 12.1. The maximum absolute atomic E-state index is 12.1. The Balaban J connectivity index is 2.42. The molecule has 7 heteroatoms. The molecule has 2 N–H and O–H groups in total. The molecule has 1 amide bonds. The summed E-state index contributed by atoms with van der Waals surface area (Å²) < 4.78 is 2.00. The highest BCUT2D eigenvalue weighted by molar-refractivity contribution is 6.04. The van der Waals surface area contributed by atoms with Crippen molar-refractivity contribution in [2.24, 2.45) is 14.1 Å². The number of carbonyl (C=O) groups excluding carboxylic acids is 1. The SMILES string of the molecule is Cc1ccc(NC(=O)c2cn(C)c(=O)n(C)c2=O)c(O)c1. The van der Waals surface area contributed by atoms with Crippen LogP contribution in [0.1, 0.15) is 15.9 Å². The first-order valence-corrected chi connectivity index (χ1v) is 6.19. The number of phenols is 1. The van der Waals surface area contributed by atoms with E-state index in [4.69, 9.17) is 0 Å². The van der Waals surface area contributed by atoms with Gasteiger partial charge in [-0.15, -0.1) is 0 Å². The Kier molecular flexibility index (Phi) is 3.66. The number of nitrogens with one attached hydrogen (secondary N) is 1. The number of aromatic nitrogens is 2. The van der Waals surface area contributed by atoms with E-state index in [1.54, 1.807) is 13.0 Å². The summed E-state index contributed by atoms with van der Waals surface area (Å²) in [5.41, 5.74) is -0.360. The van der Waals surface area contributed by atoms with Crippen LogP contribution in [0.25, 0.3) is 0 Å². The van der Waals surface area contributed by atoms with E-state index in [2.05, 4.69) is 5.32 Å². The molecule has 0 saturated heterocycles. The lowest BCUT2D eigenvalue weighted by atomic mass is 10.2. The van der Waals surface area contributed by atoms with Gasteiger partial charge >= 0.3 is 5.69 Å². The van der Waals surface area contributed by atoms with Crippen LogP contribution in [0.2, 0.25) is 0 Å². The number of aromatic hydroxyl groups is 1. The third kappa shape index (κ3) is 2.71. The standard InChI is InChI=1S/C14H15N3O4/c1-8-4-5-10(11(18)6-8)15-12(19)9-7-16(2)14(21)17(3)13(9)20/h4-7,18H,1-3H3,(H,15,19). The van der Waals surface area contributed by atoms with Crippen LogP contribution < -0.4 is 16.6 Å². The van der Waals surface area contributed by atoms with Gasteiger partial charge < -0.3 is 15.0 Å². The van der Waals surface area contributed by atoms with Crippen molar-refractivity contribution in [3.63, 3.8) is 0 Å². The molecule has 0 radical (unpaired) electrons. The summed E-state index contributed by atoms with van der Waals surface area (Å²) in [6.45, 7) is 1.80. The van der Waals surface area contributed by atoms with Gasteiger partial charge in [-0.2, -0.15) is 0 Å². The minimum absolute atomic E-state index is 0.0926. The van der Waals surface area contributed by atoms with Crippen molar-refractivity contribution in [1.29, 1.82) is 0 Å². The lowest BCUT2D eigenvalue weighted by molar-refractivity contribution is 0.102. The molecule has 1 aromatic heterocycles. The Morgan fingerprint density at radius 2 is 1.90 bits per heavy atom. The molecule has 2 rings (SSSR count). The molecule has 0 fully saturated rings. The first-order chi connectivity index (χ1) is 9.81. The average Bonchev–Trinajstić information content (AvgIpc) is 2.43. The molecule has 0 aliphatic heterocycles. The summed E-state index contributed by atoms with van der Waals surface area (Å²) >= 11 is 0. The van der Waals surface area contributed by atoms with Gasteiger partial charge in [0.1, 0.15) is 11.3 Å². The number of nitrogens with zero attached hydrogens (tertiary/aromatic N) is 2. The fraction of sp³-hybridized carbons (Fsp3) is 0.214. The smallest absolute Gasteiger partial charge is 0.330 e. The normalized spacial score (nSPS) is 10.4. The molecular weight excluding hydrogens is 274 g/mol. The first-order valence-electron chi connectivity index (χ1n) is 6.19. The van der Waals surface area contributed by atoms with Crippen molar-refractivity contribution in [3.05, 3.63) is 56.4 Å². The van der Waals surface area contributed by atoms with E-state index >= 15 is 0 Å². The molecule has 0 unspecified atom stereocenters. The van der Waals surface area contributed by atoms with Gasteiger partial charge in [0.15, 0.2) is 0 Å². The Labute approximate surface area is 120 Å². The number of phenolic OH excluding ortho intramolecular Hbond substituents is 1. The van der Waals surface area contributed by atoms with Gasteiger partial charge in [-0.3, -0.25) is 14.2 Å². The van der Waals surface area contributed by atoms with Crippen molar-refractivity contribution in [1.82, 2.24) is 9.13 Å². The van der Waals surface area contributed by atoms with E-state index in [9.17, 15) is 19.5 Å². The molecule has 7 nitrogen and oxygen atoms in total. The molecule has 21 heavy (non-hydrogen) atoms. The predicted molar refractivity (Wildman–Crippen MR) is 77.7 cm³/mol. The van der Waals surface area contributed by atoms with E-state index in [1.807, 2.05) is 0 Å². The molecule has 1 heterocycles. The van der Waals surface area contributed by atoms with Crippen LogP contribution in [0.5, 0.6) is 5.75 Å². The summed E-state index contributed by atoms with van der Waals surface area (Å²) in [5.74, 6) is -0.782. The zero-order chi connectivity index (χ0) is 15.7. The van der Waals surface area contributed by atoms with Crippen LogP contribution in [0.15, 0.2) is 34.0 Å². The lowest BCUT2D eigenvalue weighted by Crippen LogP contribution is -2.40.